The van der Waals surface area contributed by atoms with Crippen LogP contribution in [0.15, 0.2) is 72.8 Å². The number of benzene rings is 3. The summed E-state index contributed by atoms with van der Waals surface area (Å²) < 4.78 is 26.4. The molecule has 0 aliphatic rings. The summed E-state index contributed by atoms with van der Waals surface area (Å²) in [6.07, 6.45) is 0. The summed E-state index contributed by atoms with van der Waals surface area (Å²) in [5.74, 6) is -0.198. The zero-order chi connectivity index (χ0) is 22.7. The van der Waals surface area contributed by atoms with Crippen LogP contribution in [0.3, 0.4) is 0 Å². The van der Waals surface area contributed by atoms with Crippen molar-refractivity contribution in [2.24, 2.45) is 7.05 Å². The van der Waals surface area contributed by atoms with Gasteiger partial charge in [0.25, 0.3) is 0 Å². The van der Waals surface area contributed by atoms with Gasteiger partial charge in [-0.2, -0.15) is 5.10 Å². The Morgan fingerprint density at radius 2 is 1.75 bits per heavy atom. The summed E-state index contributed by atoms with van der Waals surface area (Å²) in [6, 6.07) is 19.6. The van der Waals surface area contributed by atoms with E-state index in [1.54, 1.807) is 17.8 Å². The summed E-state index contributed by atoms with van der Waals surface area (Å²) in [7, 11) is 1.71. The number of carbonyl (C=O) groups is 1. The third kappa shape index (κ3) is 4.77. The molecule has 0 aliphatic carbocycles. The van der Waals surface area contributed by atoms with Gasteiger partial charge in [0, 0.05) is 17.6 Å². The van der Waals surface area contributed by atoms with Gasteiger partial charge in [-0.1, -0.05) is 53.5 Å². The first-order chi connectivity index (χ1) is 15.4. The minimum atomic E-state index is -0.609. The lowest BCUT2D eigenvalue weighted by Crippen LogP contribution is -2.07. The largest absolute Gasteiger partial charge is 0.457 e. The molecule has 0 aliphatic heterocycles. The second kappa shape index (κ2) is 9.42. The lowest BCUT2D eigenvalue weighted by molar-refractivity contribution is 0.0471. The zero-order valence-electron chi connectivity index (χ0n) is 16.9. The van der Waals surface area contributed by atoms with Crippen LogP contribution >= 0.6 is 23.2 Å². The van der Waals surface area contributed by atoms with E-state index < -0.39 is 5.97 Å². The molecular weight excluding hydrogens is 454 g/mol. The highest BCUT2D eigenvalue weighted by molar-refractivity contribution is 6.36. The molecule has 0 fully saturated rings. The first-order valence-corrected chi connectivity index (χ1v) is 10.3. The Morgan fingerprint density at radius 3 is 2.44 bits per heavy atom. The summed E-state index contributed by atoms with van der Waals surface area (Å²) in [4.78, 5) is 12.7. The van der Waals surface area contributed by atoms with E-state index in [0.29, 0.717) is 27.9 Å². The molecule has 0 saturated heterocycles. The second-order valence-corrected chi connectivity index (χ2v) is 7.72. The van der Waals surface area contributed by atoms with Gasteiger partial charge in [-0.05, 0) is 42.5 Å². The Hall–Kier alpha value is -3.35. The molecule has 0 radical (unpaired) electrons. The molecule has 1 heterocycles. The predicted octanol–water partition coefficient (Wildman–Crippen LogP) is 6.68. The molecule has 3 aromatic carbocycles. The lowest BCUT2D eigenvalue weighted by Gasteiger charge is -2.11. The van der Waals surface area contributed by atoms with Crippen LogP contribution in [-0.2, 0) is 18.4 Å². The first-order valence-electron chi connectivity index (χ1n) is 9.59. The number of halogens is 3. The van der Waals surface area contributed by atoms with Gasteiger partial charge in [0.15, 0.2) is 0 Å². The Labute approximate surface area is 193 Å². The Kier molecular flexibility index (Phi) is 6.44. The SMILES string of the molecule is Cn1nc(-c2ccccc2)c(COC(=O)c2ccc(Cl)cc2Cl)c1Oc1ccc(F)cc1. The summed E-state index contributed by atoms with van der Waals surface area (Å²) in [5, 5.41) is 5.17. The van der Waals surface area contributed by atoms with E-state index in [0.717, 1.165) is 5.56 Å². The molecule has 4 rings (SSSR count). The predicted molar refractivity (Wildman–Crippen MR) is 121 cm³/mol. The molecule has 0 N–H and O–H groups in total. The molecule has 32 heavy (non-hydrogen) atoms. The number of carbonyl (C=O) groups excluding carboxylic acids is 1. The van der Waals surface area contributed by atoms with Crippen LogP contribution in [-0.4, -0.2) is 15.7 Å². The number of nitrogens with zero attached hydrogens (tertiary/aromatic N) is 2. The third-order valence-electron chi connectivity index (χ3n) is 4.66. The lowest BCUT2D eigenvalue weighted by atomic mass is 10.1. The molecule has 0 unspecified atom stereocenters. The number of rotatable bonds is 6. The van der Waals surface area contributed by atoms with Crippen LogP contribution in [0.25, 0.3) is 11.3 Å². The van der Waals surface area contributed by atoms with E-state index in [4.69, 9.17) is 32.7 Å². The van der Waals surface area contributed by atoms with Crippen molar-refractivity contribution in [1.29, 1.82) is 0 Å². The van der Waals surface area contributed by atoms with Gasteiger partial charge in [-0.15, -0.1) is 0 Å². The van der Waals surface area contributed by atoms with Crippen LogP contribution < -0.4 is 4.74 Å². The number of esters is 1. The molecular formula is C24H17Cl2FN2O3. The van der Waals surface area contributed by atoms with E-state index in [1.165, 1.54) is 36.4 Å². The van der Waals surface area contributed by atoms with Gasteiger partial charge >= 0.3 is 5.97 Å². The maximum absolute atomic E-state index is 13.3. The fourth-order valence-corrected chi connectivity index (χ4v) is 3.61. The van der Waals surface area contributed by atoms with Crippen molar-refractivity contribution in [3.05, 3.63) is 99.8 Å². The average molecular weight is 471 g/mol. The summed E-state index contributed by atoms with van der Waals surface area (Å²) in [5.41, 5.74) is 2.18. The summed E-state index contributed by atoms with van der Waals surface area (Å²) in [6.45, 7) is -0.119. The number of aryl methyl sites for hydroxylation is 1. The number of ether oxygens (including phenoxy) is 2. The second-order valence-electron chi connectivity index (χ2n) is 6.88. The van der Waals surface area contributed by atoms with Crippen LogP contribution in [0.2, 0.25) is 10.0 Å². The van der Waals surface area contributed by atoms with Crippen molar-refractivity contribution in [1.82, 2.24) is 9.78 Å². The van der Waals surface area contributed by atoms with Crippen LogP contribution in [0.1, 0.15) is 15.9 Å². The van der Waals surface area contributed by atoms with Gasteiger partial charge in [0.2, 0.25) is 5.88 Å². The molecule has 0 saturated carbocycles. The van der Waals surface area contributed by atoms with Crippen molar-refractivity contribution in [3.8, 4) is 22.9 Å². The van der Waals surface area contributed by atoms with E-state index in [1.807, 2.05) is 30.3 Å². The van der Waals surface area contributed by atoms with E-state index in [9.17, 15) is 9.18 Å². The number of hydrogen-bond donors (Lipinski definition) is 0. The maximum Gasteiger partial charge on any atom is 0.339 e. The van der Waals surface area contributed by atoms with Crippen molar-refractivity contribution < 1.29 is 18.7 Å². The smallest absolute Gasteiger partial charge is 0.339 e. The fraction of sp³-hybridized carbons (Fsp3) is 0.0833. The molecule has 0 amide bonds. The van der Waals surface area contributed by atoms with E-state index >= 15 is 0 Å². The Morgan fingerprint density at radius 1 is 1.03 bits per heavy atom. The van der Waals surface area contributed by atoms with Gasteiger partial charge in [0.1, 0.15) is 23.9 Å². The highest BCUT2D eigenvalue weighted by Gasteiger charge is 2.22. The quantitative estimate of drug-likeness (QED) is 0.295. The van der Waals surface area contributed by atoms with Gasteiger partial charge < -0.3 is 9.47 Å². The minimum Gasteiger partial charge on any atom is -0.457 e. The van der Waals surface area contributed by atoms with E-state index in [-0.39, 0.29) is 23.0 Å². The van der Waals surface area contributed by atoms with Crippen LogP contribution in [0.4, 0.5) is 4.39 Å². The standard InChI is InChI=1S/C24H17Cl2FN2O3/c1-29-23(32-18-10-8-17(27)9-11-18)20(22(28-29)15-5-3-2-4-6-15)14-31-24(30)19-12-7-16(25)13-21(19)26/h2-13H,14H2,1H3. The molecule has 8 heteroatoms. The summed E-state index contributed by atoms with van der Waals surface area (Å²) >= 11 is 12.0. The molecule has 4 aromatic rings. The number of hydrogen-bond acceptors (Lipinski definition) is 4. The van der Waals surface area contributed by atoms with Gasteiger partial charge in [0.05, 0.1) is 16.1 Å². The van der Waals surface area contributed by atoms with E-state index in [2.05, 4.69) is 5.10 Å². The first kappa shape index (κ1) is 21.9. The highest BCUT2D eigenvalue weighted by atomic mass is 35.5. The molecule has 0 bridgehead atoms. The Balaban J connectivity index is 1.67. The topological polar surface area (TPSA) is 53.4 Å². The fourth-order valence-electron chi connectivity index (χ4n) is 3.12. The molecule has 5 nitrogen and oxygen atoms in total. The Bertz CT molecular complexity index is 1260. The van der Waals surface area contributed by atoms with Crippen LogP contribution in [0, 0.1) is 5.82 Å². The number of aromatic nitrogens is 2. The van der Waals surface area contributed by atoms with Crippen molar-refractivity contribution >= 4 is 29.2 Å². The molecule has 1 aromatic heterocycles. The van der Waals surface area contributed by atoms with Crippen molar-refractivity contribution in [2.45, 2.75) is 6.61 Å². The van der Waals surface area contributed by atoms with Gasteiger partial charge in [-0.25, -0.2) is 13.9 Å². The maximum atomic E-state index is 13.3. The molecule has 0 atom stereocenters. The normalized spacial score (nSPS) is 10.8. The zero-order valence-corrected chi connectivity index (χ0v) is 18.4. The minimum absolute atomic E-state index is 0.119. The highest BCUT2D eigenvalue weighted by Crippen LogP contribution is 2.34. The van der Waals surface area contributed by atoms with Gasteiger partial charge in [-0.3, -0.25) is 0 Å². The average Bonchev–Trinajstić information content (AvgIpc) is 3.09. The third-order valence-corrected chi connectivity index (χ3v) is 5.21. The van der Waals surface area contributed by atoms with Crippen molar-refractivity contribution in [3.63, 3.8) is 0 Å². The van der Waals surface area contributed by atoms with Crippen molar-refractivity contribution in [2.75, 3.05) is 0 Å². The molecule has 162 valence electrons. The van der Waals surface area contributed by atoms with Crippen LogP contribution in [0.5, 0.6) is 11.6 Å². The molecule has 0 spiro atoms. The monoisotopic (exact) mass is 470 g/mol.